The fraction of sp³-hybridized carbons (Fsp3) is 0.345. The van der Waals surface area contributed by atoms with Crippen molar-refractivity contribution in [1.82, 2.24) is 19.4 Å². The summed E-state index contributed by atoms with van der Waals surface area (Å²) in [7, 11) is 2.04. The molecule has 0 unspecified atom stereocenters. The molecule has 0 bridgehead atoms. The van der Waals surface area contributed by atoms with Crippen LogP contribution in [0.1, 0.15) is 28.0 Å². The van der Waals surface area contributed by atoms with Gasteiger partial charge >= 0.3 is 5.97 Å². The molecule has 0 radical (unpaired) electrons. The molecule has 1 fully saturated rings. The van der Waals surface area contributed by atoms with Gasteiger partial charge in [0.1, 0.15) is 6.61 Å². The first-order valence-corrected chi connectivity index (χ1v) is 13.0. The van der Waals surface area contributed by atoms with Crippen LogP contribution in [0.4, 0.5) is 10.3 Å². The van der Waals surface area contributed by atoms with Gasteiger partial charge in [-0.05, 0) is 43.0 Å². The number of fused-ring (bicyclic) bond motifs is 1. The lowest BCUT2D eigenvalue weighted by Gasteiger charge is -2.34. The largest absolute Gasteiger partial charge is 0.489 e. The van der Waals surface area contributed by atoms with Gasteiger partial charge in [-0.2, -0.15) is 0 Å². The zero-order chi connectivity index (χ0) is 26.5. The minimum absolute atomic E-state index is 0.163. The average Bonchev–Trinajstić information content (AvgIpc) is 3.25. The van der Waals surface area contributed by atoms with Gasteiger partial charge in [0.05, 0.1) is 11.3 Å². The Morgan fingerprint density at radius 1 is 1.05 bits per heavy atom. The van der Waals surface area contributed by atoms with E-state index in [0.717, 1.165) is 39.0 Å². The Hall–Kier alpha value is -3.98. The number of benzene rings is 2. The molecule has 8 nitrogen and oxygen atoms in total. The quantitative estimate of drug-likeness (QED) is 0.338. The third kappa shape index (κ3) is 5.78. The second-order valence-electron chi connectivity index (χ2n) is 9.58. The second-order valence-corrected chi connectivity index (χ2v) is 9.58. The summed E-state index contributed by atoms with van der Waals surface area (Å²) in [4.78, 5) is 25.3. The molecule has 0 aliphatic carbocycles. The Labute approximate surface area is 221 Å². The van der Waals surface area contributed by atoms with Crippen LogP contribution in [0.25, 0.3) is 10.9 Å². The van der Waals surface area contributed by atoms with Gasteiger partial charge in [0, 0.05) is 63.1 Å². The van der Waals surface area contributed by atoms with Crippen molar-refractivity contribution in [3.8, 4) is 5.75 Å². The van der Waals surface area contributed by atoms with Crippen molar-refractivity contribution < 1.29 is 19.0 Å². The Kier molecular flexibility index (Phi) is 7.83. The highest BCUT2D eigenvalue weighted by Gasteiger charge is 2.21. The zero-order valence-electron chi connectivity index (χ0n) is 21.5. The van der Waals surface area contributed by atoms with Crippen LogP contribution in [0.3, 0.4) is 0 Å². The number of carboxylic acid groups (broad SMARTS) is 1. The summed E-state index contributed by atoms with van der Waals surface area (Å²) in [6.07, 6.45) is 5.78. The number of halogens is 1. The van der Waals surface area contributed by atoms with E-state index in [2.05, 4.69) is 37.7 Å². The van der Waals surface area contributed by atoms with Gasteiger partial charge in [-0.3, -0.25) is 4.90 Å². The highest BCUT2D eigenvalue weighted by atomic mass is 19.1. The molecule has 1 saturated heterocycles. The predicted octanol–water partition coefficient (Wildman–Crippen LogP) is 4.18. The predicted molar refractivity (Wildman–Crippen MR) is 144 cm³/mol. The van der Waals surface area contributed by atoms with Gasteiger partial charge in [-0.1, -0.05) is 30.3 Å². The fourth-order valence-corrected chi connectivity index (χ4v) is 5.02. The van der Waals surface area contributed by atoms with Gasteiger partial charge in [0.25, 0.3) is 0 Å². The summed E-state index contributed by atoms with van der Waals surface area (Å²) < 4.78 is 21.4. The van der Waals surface area contributed by atoms with Gasteiger partial charge < -0.3 is 19.3 Å². The summed E-state index contributed by atoms with van der Waals surface area (Å²) in [5.74, 6) is -0.521. The molecule has 0 spiro atoms. The molecule has 4 aromatic rings. The van der Waals surface area contributed by atoms with Crippen molar-refractivity contribution in [2.75, 3.05) is 44.2 Å². The van der Waals surface area contributed by atoms with Crippen LogP contribution in [-0.2, 0) is 19.9 Å². The number of anilines is 1. The van der Waals surface area contributed by atoms with E-state index in [-0.39, 0.29) is 17.1 Å². The molecule has 5 rings (SSSR count). The van der Waals surface area contributed by atoms with E-state index < -0.39 is 5.97 Å². The van der Waals surface area contributed by atoms with Crippen molar-refractivity contribution in [2.45, 2.75) is 19.3 Å². The molecule has 0 amide bonds. The molecular weight excluding hydrogens is 485 g/mol. The summed E-state index contributed by atoms with van der Waals surface area (Å²) >= 11 is 0. The smallest absolute Gasteiger partial charge is 0.339 e. The molecule has 3 heterocycles. The highest BCUT2D eigenvalue weighted by molar-refractivity contribution is 5.88. The van der Waals surface area contributed by atoms with E-state index >= 15 is 0 Å². The molecule has 2 aromatic heterocycles. The lowest BCUT2D eigenvalue weighted by molar-refractivity contribution is 0.0694. The van der Waals surface area contributed by atoms with Crippen LogP contribution in [0.5, 0.6) is 5.75 Å². The van der Waals surface area contributed by atoms with Crippen LogP contribution in [0.2, 0.25) is 0 Å². The monoisotopic (exact) mass is 517 g/mol. The van der Waals surface area contributed by atoms with Crippen molar-refractivity contribution >= 4 is 22.8 Å². The van der Waals surface area contributed by atoms with Crippen molar-refractivity contribution in [2.24, 2.45) is 7.05 Å². The first-order chi connectivity index (χ1) is 18.5. The minimum atomic E-state index is -1.00. The highest BCUT2D eigenvalue weighted by Crippen LogP contribution is 2.23. The maximum atomic E-state index is 13.7. The number of carbonyl (C=O) groups is 1. The van der Waals surface area contributed by atoms with Crippen LogP contribution >= 0.6 is 0 Å². The molecule has 38 heavy (non-hydrogen) atoms. The Morgan fingerprint density at radius 3 is 2.61 bits per heavy atom. The molecule has 9 heteroatoms. The van der Waals surface area contributed by atoms with Gasteiger partial charge in [-0.15, -0.1) is 0 Å². The molecule has 0 saturated carbocycles. The number of nitrogens with zero attached hydrogens (tertiary/aromatic N) is 5. The molecule has 0 atom stereocenters. The topological polar surface area (TPSA) is 83.7 Å². The van der Waals surface area contributed by atoms with Crippen LogP contribution in [0.15, 0.2) is 60.9 Å². The minimum Gasteiger partial charge on any atom is -0.489 e. The number of hydrogen-bond donors (Lipinski definition) is 1. The number of aromatic nitrogens is 3. The number of ether oxygens (including phenoxy) is 1. The number of carboxylic acids is 1. The third-order valence-electron chi connectivity index (χ3n) is 7.08. The molecule has 198 valence electrons. The molecular formula is C29H32FN5O3. The van der Waals surface area contributed by atoms with E-state index in [1.807, 2.05) is 19.2 Å². The fourth-order valence-electron chi connectivity index (χ4n) is 5.02. The first kappa shape index (κ1) is 25.7. The number of aromatic carboxylic acids is 1. The zero-order valence-corrected chi connectivity index (χ0v) is 21.5. The lowest BCUT2D eigenvalue weighted by atomic mass is 10.0. The third-order valence-corrected chi connectivity index (χ3v) is 7.08. The summed E-state index contributed by atoms with van der Waals surface area (Å²) in [5, 5.41) is 10.9. The van der Waals surface area contributed by atoms with E-state index in [4.69, 9.17) is 9.72 Å². The standard InChI is InChI=1S/C29H32FN5O3/c1-33-20-21(22-8-2-4-11-26(22)33)7-6-10-25-23(28(36)37)19-31-29(32-25)35-15-13-34(14-16-35)17-18-38-27-12-5-3-9-24(27)30/h2-5,8-9,11-12,19-20H,6-7,10,13-18H2,1H3,(H,36,37). The number of piperazine rings is 1. The number of rotatable bonds is 10. The van der Waals surface area contributed by atoms with Gasteiger partial charge in [-0.25, -0.2) is 19.2 Å². The molecule has 1 N–H and O–H groups in total. The van der Waals surface area contributed by atoms with Crippen LogP contribution in [-0.4, -0.2) is 69.8 Å². The maximum absolute atomic E-state index is 13.7. The summed E-state index contributed by atoms with van der Waals surface area (Å²) in [5.41, 5.74) is 3.18. The Balaban J connectivity index is 1.17. The summed E-state index contributed by atoms with van der Waals surface area (Å²) in [6, 6.07) is 14.7. The van der Waals surface area contributed by atoms with Crippen molar-refractivity contribution in [3.63, 3.8) is 0 Å². The maximum Gasteiger partial charge on any atom is 0.339 e. The van der Waals surface area contributed by atoms with Gasteiger partial charge in [0.2, 0.25) is 5.95 Å². The van der Waals surface area contributed by atoms with E-state index in [1.165, 1.54) is 28.7 Å². The van der Waals surface area contributed by atoms with E-state index in [1.54, 1.807) is 18.2 Å². The average molecular weight is 518 g/mol. The van der Waals surface area contributed by atoms with E-state index in [0.29, 0.717) is 31.2 Å². The Bertz CT molecular complexity index is 1410. The molecule has 1 aliphatic rings. The van der Waals surface area contributed by atoms with Crippen LogP contribution in [0, 0.1) is 5.82 Å². The number of hydrogen-bond acceptors (Lipinski definition) is 6. The molecule has 1 aliphatic heterocycles. The van der Waals surface area contributed by atoms with Crippen molar-refractivity contribution in [3.05, 3.63) is 83.6 Å². The SMILES string of the molecule is Cn1cc(CCCc2nc(N3CCN(CCOc4ccccc4F)CC3)ncc2C(=O)O)c2ccccc21. The van der Waals surface area contributed by atoms with Gasteiger partial charge in [0.15, 0.2) is 11.6 Å². The lowest BCUT2D eigenvalue weighted by Crippen LogP contribution is -2.48. The second kappa shape index (κ2) is 11.6. The first-order valence-electron chi connectivity index (χ1n) is 13.0. The van der Waals surface area contributed by atoms with Crippen LogP contribution < -0.4 is 9.64 Å². The van der Waals surface area contributed by atoms with Crippen molar-refractivity contribution in [1.29, 1.82) is 0 Å². The number of aryl methyl sites for hydroxylation is 3. The number of para-hydroxylation sites is 2. The summed E-state index contributed by atoms with van der Waals surface area (Å²) in [6.45, 7) is 4.14. The Morgan fingerprint density at radius 2 is 1.82 bits per heavy atom. The molecule has 2 aromatic carbocycles. The van der Waals surface area contributed by atoms with E-state index in [9.17, 15) is 14.3 Å². The normalized spacial score (nSPS) is 14.2.